The molecule has 0 heterocycles. The Morgan fingerprint density at radius 1 is 1.25 bits per heavy atom. The van der Waals surface area contributed by atoms with Gasteiger partial charge >= 0.3 is 0 Å². The maximum atomic E-state index is 8.86. The van der Waals surface area contributed by atoms with Crippen molar-refractivity contribution in [2.75, 3.05) is 6.61 Å². The number of unbranched alkanes of at least 4 members (excludes halogenated alkanes) is 4. The molecule has 1 atom stereocenters. The standard InChI is InChI=1S/C11H22O/c1-3-5-6-7-8-9-11(4-2)10-12/h4,11-12H,2-3,5-10H2,1H3. The molecule has 0 bridgehead atoms. The van der Waals surface area contributed by atoms with E-state index in [4.69, 9.17) is 5.11 Å². The van der Waals surface area contributed by atoms with Gasteiger partial charge in [-0.3, -0.25) is 0 Å². The van der Waals surface area contributed by atoms with E-state index in [1.165, 1.54) is 32.1 Å². The van der Waals surface area contributed by atoms with E-state index < -0.39 is 0 Å². The lowest BCUT2D eigenvalue weighted by Gasteiger charge is -2.07. The second-order valence-electron chi connectivity index (χ2n) is 3.38. The van der Waals surface area contributed by atoms with Crippen LogP contribution in [0.1, 0.15) is 45.4 Å². The van der Waals surface area contributed by atoms with E-state index in [9.17, 15) is 0 Å². The van der Waals surface area contributed by atoms with Crippen molar-refractivity contribution < 1.29 is 5.11 Å². The van der Waals surface area contributed by atoms with Crippen molar-refractivity contribution in [3.05, 3.63) is 12.7 Å². The average molecular weight is 170 g/mol. The highest BCUT2D eigenvalue weighted by atomic mass is 16.3. The summed E-state index contributed by atoms with van der Waals surface area (Å²) in [6.07, 6.45) is 9.48. The smallest absolute Gasteiger partial charge is 0.0493 e. The zero-order chi connectivity index (χ0) is 9.23. The predicted octanol–water partition coefficient (Wildman–Crippen LogP) is 3.14. The highest BCUT2D eigenvalue weighted by Crippen LogP contribution is 2.11. The van der Waals surface area contributed by atoms with Crippen LogP contribution in [0.25, 0.3) is 0 Å². The Hall–Kier alpha value is -0.300. The Balaban J connectivity index is 3.12. The summed E-state index contributed by atoms with van der Waals surface area (Å²) in [6.45, 7) is 6.17. The summed E-state index contributed by atoms with van der Waals surface area (Å²) < 4.78 is 0. The molecule has 0 aliphatic carbocycles. The average Bonchev–Trinajstić information content (AvgIpc) is 2.11. The van der Waals surface area contributed by atoms with Crippen LogP contribution in [0.15, 0.2) is 12.7 Å². The first-order valence-corrected chi connectivity index (χ1v) is 5.08. The van der Waals surface area contributed by atoms with Crippen molar-refractivity contribution in [3.8, 4) is 0 Å². The van der Waals surface area contributed by atoms with Gasteiger partial charge in [0, 0.05) is 6.61 Å². The highest BCUT2D eigenvalue weighted by molar-refractivity contribution is 4.77. The summed E-state index contributed by atoms with van der Waals surface area (Å²) in [5, 5.41) is 8.86. The highest BCUT2D eigenvalue weighted by Gasteiger charge is 2.00. The van der Waals surface area contributed by atoms with Crippen LogP contribution < -0.4 is 0 Å². The van der Waals surface area contributed by atoms with Crippen molar-refractivity contribution >= 4 is 0 Å². The lowest BCUT2D eigenvalue weighted by atomic mass is 10.0. The third-order valence-corrected chi connectivity index (χ3v) is 2.25. The van der Waals surface area contributed by atoms with Gasteiger partial charge in [-0.2, -0.15) is 0 Å². The van der Waals surface area contributed by atoms with Gasteiger partial charge in [-0.15, -0.1) is 6.58 Å². The number of rotatable bonds is 8. The number of aliphatic hydroxyl groups excluding tert-OH is 1. The summed E-state index contributed by atoms with van der Waals surface area (Å²) >= 11 is 0. The first-order valence-electron chi connectivity index (χ1n) is 5.08. The van der Waals surface area contributed by atoms with Crippen molar-refractivity contribution in [1.82, 2.24) is 0 Å². The summed E-state index contributed by atoms with van der Waals surface area (Å²) in [5.74, 6) is 0.326. The van der Waals surface area contributed by atoms with E-state index in [-0.39, 0.29) is 6.61 Å². The molecule has 1 nitrogen and oxygen atoms in total. The predicted molar refractivity (Wildman–Crippen MR) is 54.1 cm³/mol. The van der Waals surface area contributed by atoms with Gasteiger partial charge in [0.2, 0.25) is 0 Å². The minimum atomic E-state index is 0.261. The fourth-order valence-corrected chi connectivity index (χ4v) is 1.29. The Morgan fingerprint density at radius 3 is 2.42 bits per heavy atom. The molecule has 1 unspecified atom stereocenters. The van der Waals surface area contributed by atoms with Crippen LogP contribution in [-0.2, 0) is 0 Å². The molecular weight excluding hydrogens is 148 g/mol. The van der Waals surface area contributed by atoms with Gasteiger partial charge < -0.3 is 5.11 Å². The van der Waals surface area contributed by atoms with Crippen LogP contribution in [0.3, 0.4) is 0 Å². The SMILES string of the molecule is C=CC(CO)CCCCCCC. The Bertz CT molecular complexity index is 99.2. The zero-order valence-corrected chi connectivity index (χ0v) is 8.26. The summed E-state index contributed by atoms with van der Waals surface area (Å²) in [6, 6.07) is 0. The molecule has 0 amide bonds. The lowest BCUT2D eigenvalue weighted by Crippen LogP contribution is -2.01. The number of hydrogen-bond donors (Lipinski definition) is 1. The minimum Gasteiger partial charge on any atom is -0.396 e. The second-order valence-corrected chi connectivity index (χ2v) is 3.38. The molecule has 1 heteroatoms. The molecule has 0 aromatic rings. The van der Waals surface area contributed by atoms with Gasteiger partial charge in [-0.25, -0.2) is 0 Å². The van der Waals surface area contributed by atoms with Crippen molar-refractivity contribution in [2.45, 2.75) is 45.4 Å². The third kappa shape index (κ3) is 6.41. The zero-order valence-electron chi connectivity index (χ0n) is 8.26. The van der Waals surface area contributed by atoms with E-state index in [1.54, 1.807) is 0 Å². The maximum absolute atomic E-state index is 8.86. The molecule has 0 saturated carbocycles. The van der Waals surface area contributed by atoms with E-state index >= 15 is 0 Å². The van der Waals surface area contributed by atoms with Crippen LogP contribution >= 0.6 is 0 Å². The van der Waals surface area contributed by atoms with E-state index in [0.717, 1.165) is 6.42 Å². The monoisotopic (exact) mass is 170 g/mol. The van der Waals surface area contributed by atoms with Crippen LogP contribution in [-0.4, -0.2) is 11.7 Å². The third-order valence-electron chi connectivity index (χ3n) is 2.25. The summed E-state index contributed by atoms with van der Waals surface area (Å²) in [4.78, 5) is 0. The molecule has 0 saturated heterocycles. The van der Waals surface area contributed by atoms with Gasteiger partial charge in [0.05, 0.1) is 0 Å². The van der Waals surface area contributed by atoms with Crippen LogP contribution in [0.5, 0.6) is 0 Å². The number of aliphatic hydroxyl groups is 1. The largest absolute Gasteiger partial charge is 0.396 e. The van der Waals surface area contributed by atoms with Gasteiger partial charge in [-0.05, 0) is 12.3 Å². The Morgan fingerprint density at radius 2 is 1.92 bits per heavy atom. The van der Waals surface area contributed by atoms with Crippen molar-refractivity contribution in [1.29, 1.82) is 0 Å². The first-order chi connectivity index (χ1) is 5.85. The molecule has 0 fully saturated rings. The number of hydrogen-bond acceptors (Lipinski definition) is 1. The molecule has 0 aliphatic heterocycles. The quantitative estimate of drug-likeness (QED) is 0.438. The van der Waals surface area contributed by atoms with E-state index in [2.05, 4.69) is 13.5 Å². The fraction of sp³-hybridized carbons (Fsp3) is 0.818. The molecule has 0 rings (SSSR count). The maximum Gasteiger partial charge on any atom is 0.0493 e. The van der Waals surface area contributed by atoms with E-state index in [0.29, 0.717) is 5.92 Å². The summed E-state index contributed by atoms with van der Waals surface area (Å²) in [7, 11) is 0. The van der Waals surface area contributed by atoms with Gasteiger partial charge in [-0.1, -0.05) is 45.1 Å². The molecule has 0 aromatic heterocycles. The second kappa shape index (κ2) is 8.79. The molecular formula is C11H22O. The van der Waals surface area contributed by atoms with Crippen LogP contribution in [0.4, 0.5) is 0 Å². The van der Waals surface area contributed by atoms with Crippen LogP contribution in [0.2, 0.25) is 0 Å². The molecule has 0 spiro atoms. The first kappa shape index (κ1) is 11.7. The van der Waals surface area contributed by atoms with Gasteiger partial charge in [0.25, 0.3) is 0 Å². The molecule has 1 N–H and O–H groups in total. The summed E-state index contributed by atoms with van der Waals surface area (Å²) in [5.41, 5.74) is 0. The van der Waals surface area contributed by atoms with Crippen molar-refractivity contribution in [3.63, 3.8) is 0 Å². The lowest BCUT2D eigenvalue weighted by molar-refractivity contribution is 0.243. The van der Waals surface area contributed by atoms with E-state index in [1.807, 2.05) is 6.08 Å². The molecule has 0 aromatic carbocycles. The normalized spacial score (nSPS) is 12.8. The van der Waals surface area contributed by atoms with Crippen LogP contribution in [0, 0.1) is 5.92 Å². The van der Waals surface area contributed by atoms with Gasteiger partial charge in [0.1, 0.15) is 0 Å². The van der Waals surface area contributed by atoms with Crippen molar-refractivity contribution in [2.24, 2.45) is 5.92 Å². The Labute approximate surface area is 76.5 Å². The molecule has 0 radical (unpaired) electrons. The molecule has 72 valence electrons. The topological polar surface area (TPSA) is 20.2 Å². The fourth-order valence-electron chi connectivity index (χ4n) is 1.29. The minimum absolute atomic E-state index is 0.261. The molecule has 12 heavy (non-hydrogen) atoms. The molecule has 0 aliphatic rings. The van der Waals surface area contributed by atoms with Gasteiger partial charge in [0.15, 0.2) is 0 Å². The Kier molecular flexibility index (Phi) is 8.57.